The van der Waals surface area contributed by atoms with E-state index in [0.717, 1.165) is 16.9 Å². The summed E-state index contributed by atoms with van der Waals surface area (Å²) in [6.45, 7) is 3.85. The van der Waals surface area contributed by atoms with Crippen molar-refractivity contribution in [2.75, 3.05) is 30.5 Å². The van der Waals surface area contributed by atoms with Crippen molar-refractivity contribution < 1.29 is 4.92 Å². The van der Waals surface area contributed by atoms with Gasteiger partial charge in [-0.15, -0.1) is 0 Å². The topological polar surface area (TPSA) is 93.2 Å². The van der Waals surface area contributed by atoms with Crippen molar-refractivity contribution in [2.24, 2.45) is 0 Å². The summed E-state index contributed by atoms with van der Waals surface area (Å²) in [6, 6.07) is 11.0. The van der Waals surface area contributed by atoms with Gasteiger partial charge in [0.25, 0.3) is 5.69 Å². The molecule has 2 aromatic rings. The average Bonchev–Trinajstić information content (AvgIpc) is 2.48. The van der Waals surface area contributed by atoms with Gasteiger partial charge in [0.05, 0.1) is 16.3 Å². The number of benzene rings is 2. The second-order valence-electron chi connectivity index (χ2n) is 4.87. The number of nitro benzene ring substituents is 1. The standard InChI is InChI=1S/C8H10N2O2.C8H12N2.2CH4/c1-6-3-4-7(9-2)8(5-6)10(11)12;1-6-3-4-8(10-2)7(9)5-6;;/h3-5,9H,1-2H3;3-5,10H,9H2,1-2H3;2*1H4. The Morgan fingerprint density at radius 1 is 0.917 bits per heavy atom. The molecule has 0 bridgehead atoms. The fraction of sp³-hybridized carbons (Fsp3) is 0.333. The first-order chi connectivity index (χ1) is 10.4. The summed E-state index contributed by atoms with van der Waals surface area (Å²) in [5, 5.41) is 16.3. The van der Waals surface area contributed by atoms with E-state index in [1.807, 2.05) is 45.2 Å². The Hall–Kier alpha value is -2.76. The predicted molar refractivity (Wildman–Crippen MR) is 106 cm³/mol. The van der Waals surface area contributed by atoms with Gasteiger partial charge in [0.1, 0.15) is 5.69 Å². The van der Waals surface area contributed by atoms with Crippen LogP contribution in [0.1, 0.15) is 26.0 Å². The fourth-order valence-corrected chi connectivity index (χ4v) is 1.91. The monoisotopic (exact) mass is 334 g/mol. The molecule has 0 atom stereocenters. The number of anilines is 3. The van der Waals surface area contributed by atoms with Crippen molar-refractivity contribution in [1.29, 1.82) is 0 Å². The number of nitrogens with one attached hydrogen (secondary N) is 2. The molecule has 0 aliphatic rings. The maximum atomic E-state index is 10.5. The highest BCUT2D eigenvalue weighted by Gasteiger charge is 2.11. The van der Waals surface area contributed by atoms with Gasteiger partial charge in [-0.3, -0.25) is 10.1 Å². The minimum absolute atomic E-state index is 0. The molecule has 0 spiro atoms. The summed E-state index contributed by atoms with van der Waals surface area (Å²) >= 11 is 0. The van der Waals surface area contributed by atoms with E-state index in [9.17, 15) is 10.1 Å². The first kappa shape index (κ1) is 23.5. The summed E-state index contributed by atoms with van der Waals surface area (Å²) in [7, 11) is 3.53. The Balaban J connectivity index is 0. The van der Waals surface area contributed by atoms with Crippen LogP contribution in [0.25, 0.3) is 0 Å². The number of hydrogen-bond acceptors (Lipinski definition) is 5. The fourth-order valence-electron chi connectivity index (χ4n) is 1.91. The van der Waals surface area contributed by atoms with Crippen LogP contribution >= 0.6 is 0 Å². The Kier molecular flexibility index (Phi) is 10.7. The quantitative estimate of drug-likeness (QED) is 0.424. The molecule has 0 fully saturated rings. The predicted octanol–water partition coefficient (Wildman–Crippen LogP) is 4.84. The van der Waals surface area contributed by atoms with Crippen LogP contribution in [0.5, 0.6) is 0 Å². The molecule has 6 nitrogen and oxygen atoms in total. The van der Waals surface area contributed by atoms with E-state index in [1.165, 1.54) is 5.56 Å². The summed E-state index contributed by atoms with van der Waals surface area (Å²) in [6.07, 6.45) is 0. The number of nitro groups is 1. The van der Waals surface area contributed by atoms with Crippen LogP contribution in [0.15, 0.2) is 36.4 Å². The number of rotatable bonds is 3. The maximum Gasteiger partial charge on any atom is 0.292 e. The maximum absolute atomic E-state index is 10.5. The lowest BCUT2D eigenvalue weighted by Crippen LogP contribution is -1.96. The number of nitrogens with zero attached hydrogens (tertiary/aromatic N) is 1. The van der Waals surface area contributed by atoms with Gasteiger partial charge in [-0.2, -0.15) is 0 Å². The van der Waals surface area contributed by atoms with Crippen LogP contribution < -0.4 is 16.4 Å². The molecule has 0 saturated heterocycles. The molecular weight excluding hydrogens is 304 g/mol. The third kappa shape index (κ3) is 6.56. The molecule has 0 unspecified atom stereocenters. The third-order valence-electron chi connectivity index (χ3n) is 3.10. The van der Waals surface area contributed by atoms with Crippen molar-refractivity contribution in [1.82, 2.24) is 0 Å². The highest BCUT2D eigenvalue weighted by atomic mass is 16.6. The number of hydrogen-bond donors (Lipinski definition) is 3. The molecule has 0 heterocycles. The van der Waals surface area contributed by atoms with Crippen molar-refractivity contribution in [3.8, 4) is 0 Å². The zero-order valence-corrected chi connectivity index (χ0v) is 13.3. The van der Waals surface area contributed by atoms with Gasteiger partial charge >= 0.3 is 0 Å². The highest BCUT2D eigenvalue weighted by Crippen LogP contribution is 2.24. The minimum atomic E-state index is -0.390. The van der Waals surface area contributed by atoms with Crippen LogP contribution in [0.3, 0.4) is 0 Å². The van der Waals surface area contributed by atoms with E-state index in [1.54, 1.807) is 19.2 Å². The van der Waals surface area contributed by atoms with Crippen molar-refractivity contribution in [3.05, 3.63) is 57.6 Å². The van der Waals surface area contributed by atoms with E-state index >= 15 is 0 Å². The van der Waals surface area contributed by atoms with Crippen molar-refractivity contribution >= 4 is 22.7 Å². The lowest BCUT2D eigenvalue weighted by molar-refractivity contribution is -0.384. The first-order valence-corrected chi connectivity index (χ1v) is 6.85. The molecule has 24 heavy (non-hydrogen) atoms. The largest absolute Gasteiger partial charge is 0.397 e. The first-order valence-electron chi connectivity index (χ1n) is 6.85. The van der Waals surface area contributed by atoms with E-state index in [0.29, 0.717) is 5.69 Å². The van der Waals surface area contributed by atoms with Crippen LogP contribution in [0.4, 0.5) is 22.7 Å². The Morgan fingerprint density at radius 3 is 1.79 bits per heavy atom. The molecular formula is C18H30N4O2. The highest BCUT2D eigenvalue weighted by molar-refractivity contribution is 5.66. The Labute approximate surface area is 145 Å². The van der Waals surface area contributed by atoms with Gasteiger partial charge in [0.15, 0.2) is 0 Å². The second-order valence-corrected chi connectivity index (χ2v) is 4.87. The molecule has 6 heteroatoms. The van der Waals surface area contributed by atoms with Crippen molar-refractivity contribution in [2.45, 2.75) is 28.7 Å². The summed E-state index contributed by atoms with van der Waals surface area (Å²) in [4.78, 5) is 10.1. The second kappa shape index (κ2) is 10.9. The van der Waals surface area contributed by atoms with Gasteiger partial charge in [0.2, 0.25) is 0 Å². The third-order valence-corrected chi connectivity index (χ3v) is 3.10. The van der Waals surface area contributed by atoms with Gasteiger partial charge in [-0.1, -0.05) is 27.0 Å². The van der Waals surface area contributed by atoms with Crippen LogP contribution in [-0.2, 0) is 0 Å². The van der Waals surface area contributed by atoms with Crippen molar-refractivity contribution in [3.63, 3.8) is 0 Å². The molecule has 0 saturated carbocycles. The Bertz CT molecular complexity index is 657. The van der Waals surface area contributed by atoms with Gasteiger partial charge in [-0.05, 0) is 43.2 Å². The van der Waals surface area contributed by atoms with Gasteiger partial charge in [0, 0.05) is 20.2 Å². The molecule has 0 amide bonds. The molecule has 0 aromatic heterocycles. The van der Waals surface area contributed by atoms with E-state index in [4.69, 9.17) is 5.73 Å². The molecule has 2 rings (SSSR count). The van der Waals surface area contributed by atoms with Crippen LogP contribution in [-0.4, -0.2) is 19.0 Å². The van der Waals surface area contributed by atoms with Gasteiger partial charge in [-0.25, -0.2) is 0 Å². The Morgan fingerprint density at radius 2 is 1.38 bits per heavy atom. The van der Waals surface area contributed by atoms with E-state index < -0.39 is 4.92 Å². The molecule has 4 N–H and O–H groups in total. The zero-order chi connectivity index (χ0) is 16.7. The van der Waals surface area contributed by atoms with Gasteiger partial charge < -0.3 is 16.4 Å². The van der Waals surface area contributed by atoms with Crippen LogP contribution in [0, 0.1) is 24.0 Å². The molecule has 0 radical (unpaired) electrons. The number of nitrogens with two attached hydrogens (primary N) is 1. The minimum Gasteiger partial charge on any atom is -0.397 e. The van der Waals surface area contributed by atoms with Crippen LogP contribution in [0.2, 0.25) is 0 Å². The average molecular weight is 334 g/mol. The lowest BCUT2D eigenvalue weighted by Gasteiger charge is -2.03. The normalized spacial score (nSPS) is 8.67. The number of aryl methyl sites for hydroxylation is 2. The molecule has 134 valence electrons. The lowest BCUT2D eigenvalue weighted by atomic mass is 10.2. The summed E-state index contributed by atoms with van der Waals surface area (Å²) in [5.74, 6) is 0. The van der Waals surface area contributed by atoms with E-state index in [2.05, 4.69) is 10.6 Å². The summed E-state index contributed by atoms with van der Waals surface area (Å²) in [5.41, 5.74) is 10.2. The smallest absolute Gasteiger partial charge is 0.292 e. The van der Waals surface area contributed by atoms with E-state index in [-0.39, 0.29) is 20.5 Å². The SMILES string of the molecule is C.C.CNc1ccc(C)cc1N.CNc1ccc(C)cc1[N+](=O)[O-]. The summed E-state index contributed by atoms with van der Waals surface area (Å²) < 4.78 is 0. The molecule has 0 aliphatic carbocycles. The molecule has 0 aliphatic heterocycles. The molecule has 2 aromatic carbocycles. The number of nitrogen functional groups attached to an aromatic ring is 1. The zero-order valence-electron chi connectivity index (χ0n) is 13.3.